The summed E-state index contributed by atoms with van der Waals surface area (Å²) < 4.78 is 7.85. The van der Waals surface area contributed by atoms with E-state index in [1.165, 1.54) is 0 Å². The monoisotopic (exact) mass is 258 g/mol. The molecule has 4 heteroatoms. The summed E-state index contributed by atoms with van der Waals surface area (Å²) in [5.74, 6) is 0.776. The summed E-state index contributed by atoms with van der Waals surface area (Å²) in [5.41, 5.74) is 4.15. The van der Waals surface area contributed by atoms with Crippen LogP contribution in [0, 0.1) is 13.8 Å². The lowest BCUT2D eigenvalue weighted by Crippen LogP contribution is -2.19. The zero-order valence-electron chi connectivity index (χ0n) is 11.4. The van der Waals surface area contributed by atoms with Gasteiger partial charge in [-0.25, -0.2) is 0 Å². The number of aryl methyl sites for hydroxylation is 2. The molecule has 0 fully saturated rings. The van der Waals surface area contributed by atoms with Gasteiger partial charge in [-0.2, -0.15) is 5.10 Å². The van der Waals surface area contributed by atoms with Crippen molar-refractivity contribution in [2.24, 2.45) is 7.05 Å². The van der Waals surface area contributed by atoms with Crippen molar-refractivity contribution in [3.8, 4) is 5.75 Å². The van der Waals surface area contributed by atoms with Crippen molar-refractivity contribution in [1.29, 1.82) is 0 Å². The Balaban J connectivity index is 1.97. The Labute approximate surface area is 112 Å². The van der Waals surface area contributed by atoms with E-state index in [1.54, 1.807) is 0 Å². The summed E-state index contributed by atoms with van der Waals surface area (Å²) in [6.07, 6.45) is 1.79. The van der Waals surface area contributed by atoms with Crippen LogP contribution in [0.5, 0.6) is 5.75 Å². The summed E-state index contributed by atoms with van der Waals surface area (Å²) in [4.78, 5) is 0. The molecule has 3 rings (SSSR count). The van der Waals surface area contributed by atoms with Gasteiger partial charge in [-0.15, -0.1) is 0 Å². The molecule has 1 aliphatic rings. The van der Waals surface area contributed by atoms with E-state index < -0.39 is 6.10 Å². The first kappa shape index (κ1) is 12.2. The van der Waals surface area contributed by atoms with Gasteiger partial charge in [0.05, 0.1) is 12.3 Å². The van der Waals surface area contributed by atoms with Gasteiger partial charge in [-0.1, -0.05) is 11.6 Å². The molecule has 0 bridgehead atoms. The maximum Gasteiger partial charge on any atom is 0.130 e. The first-order chi connectivity index (χ1) is 9.06. The summed E-state index contributed by atoms with van der Waals surface area (Å²) in [6, 6.07) is 5.93. The van der Waals surface area contributed by atoms with Crippen LogP contribution in [0.4, 0.5) is 0 Å². The maximum absolute atomic E-state index is 10.3. The van der Waals surface area contributed by atoms with Gasteiger partial charge in [0.15, 0.2) is 0 Å². The third-order valence-electron chi connectivity index (χ3n) is 3.85. The molecule has 0 radical (unpaired) electrons. The fraction of sp³-hybridized carbons (Fsp3) is 0.400. The van der Waals surface area contributed by atoms with E-state index >= 15 is 0 Å². The molecule has 0 saturated carbocycles. The summed E-state index contributed by atoms with van der Waals surface area (Å²) >= 11 is 0. The van der Waals surface area contributed by atoms with Crippen molar-refractivity contribution < 1.29 is 9.84 Å². The third kappa shape index (κ3) is 2.02. The van der Waals surface area contributed by atoms with E-state index in [1.807, 2.05) is 50.0 Å². The van der Waals surface area contributed by atoms with Crippen molar-refractivity contribution in [2.45, 2.75) is 32.5 Å². The lowest BCUT2D eigenvalue weighted by Gasteiger charge is -2.29. The summed E-state index contributed by atoms with van der Waals surface area (Å²) in [7, 11) is 1.91. The van der Waals surface area contributed by atoms with Crippen LogP contribution in [0.1, 0.15) is 41.0 Å². The van der Waals surface area contributed by atoms with Gasteiger partial charge in [-0.3, -0.25) is 4.68 Å². The third-order valence-corrected chi connectivity index (χ3v) is 3.85. The van der Waals surface area contributed by atoms with E-state index in [2.05, 4.69) is 5.10 Å². The van der Waals surface area contributed by atoms with Crippen LogP contribution < -0.4 is 4.74 Å². The Morgan fingerprint density at radius 3 is 2.79 bits per heavy atom. The fourth-order valence-corrected chi connectivity index (χ4v) is 2.59. The number of hydrogen-bond donors (Lipinski definition) is 1. The minimum atomic E-state index is -0.478. The van der Waals surface area contributed by atoms with E-state index in [0.717, 1.165) is 28.1 Å². The van der Waals surface area contributed by atoms with Crippen molar-refractivity contribution in [2.75, 3.05) is 0 Å². The molecule has 0 amide bonds. The van der Waals surface area contributed by atoms with Crippen LogP contribution in [0.3, 0.4) is 0 Å². The standard InChI is InChI=1S/C15H18N2O2/c1-9-4-5-14-11(6-9)13(18)7-15(19-14)12-8-16-17(3)10(12)2/h4-6,8,13,15,18H,7H2,1-3H3/t13-,15?/m1/s1. The quantitative estimate of drug-likeness (QED) is 0.855. The molecular weight excluding hydrogens is 240 g/mol. The highest BCUT2D eigenvalue weighted by atomic mass is 16.5. The van der Waals surface area contributed by atoms with Gasteiger partial charge in [0.2, 0.25) is 0 Å². The number of benzene rings is 1. The van der Waals surface area contributed by atoms with Gasteiger partial charge in [0.1, 0.15) is 11.9 Å². The van der Waals surface area contributed by atoms with Crippen LogP contribution in [-0.4, -0.2) is 14.9 Å². The highest BCUT2D eigenvalue weighted by Crippen LogP contribution is 2.41. The Morgan fingerprint density at radius 1 is 1.32 bits per heavy atom. The average molecular weight is 258 g/mol. The number of aliphatic hydroxyl groups excluding tert-OH is 1. The first-order valence-corrected chi connectivity index (χ1v) is 6.50. The molecule has 2 atom stereocenters. The van der Waals surface area contributed by atoms with Crippen LogP contribution in [-0.2, 0) is 7.05 Å². The molecule has 4 nitrogen and oxygen atoms in total. The number of fused-ring (bicyclic) bond motifs is 1. The average Bonchev–Trinajstić information content (AvgIpc) is 2.71. The van der Waals surface area contributed by atoms with Crippen molar-refractivity contribution >= 4 is 0 Å². The maximum atomic E-state index is 10.3. The van der Waals surface area contributed by atoms with Crippen molar-refractivity contribution in [3.63, 3.8) is 0 Å². The Morgan fingerprint density at radius 2 is 2.11 bits per heavy atom. The first-order valence-electron chi connectivity index (χ1n) is 6.50. The molecule has 1 N–H and O–H groups in total. The minimum Gasteiger partial charge on any atom is -0.485 e. The molecule has 1 aromatic carbocycles. The molecule has 2 heterocycles. The fourth-order valence-electron chi connectivity index (χ4n) is 2.59. The molecule has 1 unspecified atom stereocenters. The number of hydrogen-bond acceptors (Lipinski definition) is 3. The van der Waals surface area contributed by atoms with E-state index in [4.69, 9.17) is 4.74 Å². The molecule has 2 aromatic rings. The van der Waals surface area contributed by atoms with Gasteiger partial charge in [0, 0.05) is 30.3 Å². The minimum absolute atomic E-state index is 0.126. The Bertz CT molecular complexity index is 619. The number of aliphatic hydroxyl groups is 1. The second-order valence-corrected chi connectivity index (χ2v) is 5.21. The van der Waals surface area contributed by atoms with Gasteiger partial charge >= 0.3 is 0 Å². The smallest absolute Gasteiger partial charge is 0.130 e. The van der Waals surface area contributed by atoms with Gasteiger partial charge in [-0.05, 0) is 26.0 Å². The van der Waals surface area contributed by atoms with Gasteiger partial charge < -0.3 is 9.84 Å². The van der Waals surface area contributed by atoms with Crippen molar-refractivity contribution in [3.05, 3.63) is 46.8 Å². The Kier molecular flexibility index (Phi) is 2.82. The predicted molar refractivity (Wildman–Crippen MR) is 72.1 cm³/mol. The number of rotatable bonds is 1. The number of aromatic nitrogens is 2. The van der Waals surface area contributed by atoms with E-state index in [0.29, 0.717) is 6.42 Å². The molecule has 100 valence electrons. The zero-order chi connectivity index (χ0) is 13.6. The normalized spacial score (nSPS) is 21.9. The lowest BCUT2D eigenvalue weighted by molar-refractivity contribution is 0.0653. The van der Waals surface area contributed by atoms with E-state index in [-0.39, 0.29) is 6.10 Å². The highest BCUT2D eigenvalue weighted by Gasteiger charge is 2.29. The summed E-state index contributed by atoms with van der Waals surface area (Å²) in [5, 5.41) is 14.5. The Hall–Kier alpha value is -1.81. The van der Waals surface area contributed by atoms with Crippen LogP contribution in [0.15, 0.2) is 24.4 Å². The molecule has 0 saturated heterocycles. The topological polar surface area (TPSA) is 47.3 Å². The van der Waals surface area contributed by atoms with Gasteiger partial charge in [0.25, 0.3) is 0 Å². The molecule has 0 spiro atoms. The molecular formula is C15H18N2O2. The summed E-state index contributed by atoms with van der Waals surface area (Å²) in [6.45, 7) is 4.03. The largest absolute Gasteiger partial charge is 0.485 e. The van der Waals surface area contributed by atoms with Crippen molar-refractivity contribution in [1.82, 2.24) is 9.78 Å². The van der Waals surface area contributed by atoms with Crippen LogP contribution in [0.25, 0.3) is 0 Å². The second-order valence-electron chi connectivity index (χ2n) is 5.21. The molecule has 19 heavy (non-hydrogen) atoms. The molecule has 0 aliphatic carbocycles. The highest BCUT2D eigenvalue weighted by molar-refractivity contribution is 5.41. The number of nitrogens with zero attached hydrogens (tertiary/aromatic N) is 2. The van der Waals surface area contributed by atoms with E-state index in [9.17, 15) is 5.11 Å². The molecule has 1 aromatic heterocycles. The predicted octanol–water partition coefficient (Wildman–Crippen LogP) is 2.59. The number of ether oxygens (including phenoxy) is 1. The zero-order valence-corrected chi connectivity index (χ0v) is 11.4. The second kappa shape index (κ2) is 4.38. The van der Waals surface area contributed by atoms with Crippen LogP contribution >= 0.6 is 0 Å². The lowest BCUT2D eigenvalue weighted by atomic mass is 9.94. The molecule has 1 aliphatic heterocycles. The SMILES string of the molecule is Cc1ccc2c(c1)[C@H](O)CC(c1cnn(C)c1C)O2. The van der Waals surface area contributed by atoms with Crippen LogP contribution in [0.2, 0.25) is 0 Å².